The lowest BCUT2D eigenvalue weighted by Gasteiger charge is -2.01. The maximum atomic E-state index is 5.78. The third kappa shape index (κ3) is 2.61. The Morgan fingerprint density at radius 2 is 2.18 bits per heavy atom. The normalized spacial score (nSPS) is 10.1. The van der Waals surface area contributed by atoms with Crippen LogP contribution < -0.4 is 5.73 Å². The van der Waals surface area contributed by atoms with Crippen molar-refractivity contribution < 1.29 is 0 Å². The summed E-state index contributed by atoms with van der Waals surface area (Å²) in [6, 6.07) is 5.87. The smallest absolute Gasteiger partial charge is 0.0416 e. The van der Waals surface area contributed by atoms with Crippen molar-refractivity contribution in [1.29, 1.82) is 0 Å². The Bertz CT molecular complexity index is 250. The number of halogens is 2. The molecule has 60 valence electrons. The molecule has 0 saturated heterocycles. The van der Waals surface area contributed by atoms with Crippen molar-refractivity contribution >= 4 is 34.2 Å². The van der Waals surface area contributed by atoms with Crippen LogP contribution in [0.25, 0.3) is 0 Å². The van der Waals surface area contributed by atoms with Crippen molar-refractivity contribution in [3.8, 4) is 0 Å². The fraction of sp³-hybridized carbons (Fsp3) is 0.250. The van der Waals surface area contributed by atoms with Gasteiger partial charge < -0.3 is 5.73 Å². The molecule has 1 rings (SSSR count). The van der Waals surface area contributed by atoms with E-state index in [0.29, 0.717) is 6.54 Å². The van der Waals surface area contributed by atoms with Gasteiger partial charge in [-0.25, -0.2) is 0 Å². The van der Waals surface area contributed by atoms with Crippen molar-refractivity contribution in [3.63, 3.8) is 0 Å². The van der Waals surface area contributed by atoms with Crippen LogP contribution in [0.3, 0.4) is 0 Å². The zero-order valence-electron chi connectivity index (χ0n) is 5.98. The molecule has 0 atom stereocenters. The lowest BCUT2D eigenvalue weighted by molar-refractivity contribution is 0.963. The highest BCUT2D eigenvalue weighted by Gasteiger charge is 1.98. The fourth-order valence-electron chi connectivity index (χ4n) is 0.880. The minimum Gasteiger partial charge on any atom is -0.330 e. The molecule has 0 fully saturated rings. The predicted molar refractivity (Wildman–Crippen MR) is 56.9 cm³/mol. The topological polar surface area (TPSA) is 26.0 Å². The maximum absolute atomic E-state index is 5.78. The largest absolute Gasteiger partial charge is 0.330 e. The fourth-order valence-corrected chi connectivity index (χ4v) is 2.02. The van der Waals surface area contributed by atoms with Gasteiger partial charge in [-0.05, 0) is 53.3 Å². The van der Waals surface area contributed by atoms with Gasteiger partial charge in [-0.15, -0.1) is 0 Å². The molecule has 11 heavy (non-hydrogen) atoms. The SMILES string of the molecule is NCCc1ccc(Cl)cc1I. The summed E-state index contributed by atoms with van der Waals surface area (Å²) in [7, 11) is 0. The number of nitrogens with two attached hydrogens (primary N) is 1. The molecular formula is C8H9ClIN. The highest BCUT2D eigenvalue weighted by Crippen LogP contribution is 2.17. The first kappa shape index (κ1) is 9.29. The van der Waals surface area contributed by atoms with Crippen molar-refractivity contribution in [1.82, 2.24) is 0 Å². The van der Waals surface area contributed by atoms with Crippen LogP contribution in [-0.4, -0.2) is 6.54 Å². The zero-order valence-corrected chi connectivity index (χ0v) is 8.89. The Balaban J connectivity index is 2.90. The van der Waals surface area contributed by atoms with Gasteiger partial charge in [-0.1, -0.05) is 17.7 Å². The molecule has 0 saturated carbocycles. The van der Waals surface area contributed by atoms with E-state index >= 15 is 0 Å². The zero-order chi connectivity index (χ0) is 8.27. The maximum Gasteiger partial charge on any atom is 0.0416 e. The molecule has 0 aromatic heterocycles. The van der Waals surface area contributed by atoms with E-state index in [4.69, 9.17) is 17.3 Å². The van der Waals surface area contributed by atoms with E-state index in [1.54, 1.807) is 0 Å². The first-order valence-electron chi connectivity index (χ1n) is 3.38. The van der Waals surface area contributed by atoms with Gasteiger partial charge in [0.15, 0.2) is 0 Å². The van der Waals surface area contributed by atoms with E-state index in [2.05, 4.69) is 22.6 Å². The van der Waals surface area contributed by atoms with E-state index in [1.807, 2.05) is 18.2 Å². The highest BCUT2D eigenvalue weighted by atomic mass is 127. The Kier molecular flexibility index (Phi) is 3.62. The first-order chi connectivity index (χ1) is 5.24. The molecule has 0 heterocycles. The lowest BCUT2D eigenvalue weighted by Crippen LogP contribution is -2.03. The van der Waals surface area contributed by atoms with Crippen LogP contribution in [-0.2, 0) is 6.42 Å². The van der Waals surface area contributed by atoms with Crippen LogP contribution in [0.15, 0.2) is 18.2 Å². The second-order valence-corrected chi connectivity index (χ2v) is 3.87. The second kappa shape index (κ2) is 4.28. The summed E-state index contributed by atoms with van der Waals surface area (Å²) in [5.41, 5.74) is 6.71. The van der Waals surface area contributed by atoms with Gasteiger partial charge in [0, 0.05) is 8.59 Å². The molecule has 3 heteroatoms. The van der Waals surface area contributed by atoms with E-state index in [0.717, 1.165) is 11.4 Å². The van der Waals surface area contributed by atoms with E-state index in [9.17, 15) is 0 Å². The first-order valence-corrected chi connectivity index (χ1v) is 4.83. The van der Waals surface area contributed by atoms with Gasteiger partial charge in [0.1, 0.15) is 0 Å². The minimum atomic E-state index is 0.692. The summed E-state index contributed by atoms with van der Waals surface area (Å²) in [5, 5.41) is 0.787. The number of hydrogen-bond acceptors (Lipinski definition) is 1. The van der Waals surface area contributed by atoms with Gasteiger partial charge in [0.25, 0.3) is 0 Å². The molecule has 1 nitrogen and oxygen atoms in total. The molecule has 0 aliphatic heterocycles. The number of hydrogen-bond donors (Lipinski definition) is 1. The second-order valence-electron chi connectivity index (χ2n) is 2.27. The molecule has 0 radical (unpaired) electrons. The Hall–Kier alpha value is 0.200. The van der Waals surface area contributed by atoms with E-state index in [1.165, 1.54) is 9.13 Å². The summed E-state index contributed by atoms with van der Waals surface area (Å²) in [5.74, 6) is 0. The Morgan fingerprint density at radius 3 is 2.73 bits per heavy atom. The van der Waals surface area contributed by atoms with Crippen LogP contribution in [0.4, 0.5) is 0 Å². The summed E-state index contributed by atoms with van der Waals surface area (Å²) in [4.78, 5) is 0. The summed E-state index contributed by atoms with van der Waals surface area (Å²) in [6.07, 6.45) is 0.926. The van der Waals surface area contributed by atoms with Gasteiger partial charge in [-0.2, -0.15) is 0 Å². The third-order valence-electron chi connectivity index (χ3n) is 1.43. The highest BCUT2D eigenvalue weighted by molar-refractivity contribution is 14.1. The number of benzene rings is 1. The molecule has 0 spiro atoms. The molecule has 2 N–H and O–H groups in total. The van der Waals surface area contributed by atoms with Gasteiger partial charge in [0.2, 0.25) is 0 Å². The lowest BCUT2D eigenvalue weighted by atomic mass is 10.2. The summed E-state index contributed by atoms with van der Waals surface area (Å²) >= 11 is 8.05. The van der Waals surface area contributed by atoms with Crippen molar-refractivity contribution in [2.75, 3.05) is 6.54 Å². The molecule has 0 bridgehead atoms. The minimum absolute atomic E-state index is 0.692. The van der Waals surface area contributed by atoms with Crippen LogP contribution >= 0.6 is 34.2 Å². The van der Waals surface area contributed by atoms with Crippen molar-refractivity contribution in [2.45, 2.75) is 6.42 Å². The summed E-state index contributed by atoms with van der Waals surface area (Å²) < 4.78 is 1.19. The van der Waals surface area contributed by atoms with Gasteiger partial charge >= 0.3 is 0 Å². The van der Waals surface area contributed by atoms with Crippen LogP contribution in [0, 0.1) is 3.57 Å². The molecule has 0 aliphatic carbocycles. The molecule has 0 aliphatic rings. The van der Waals surface area contributed by atoms with Crippen molar-refractivity contribution in [2.24, 2.45) is 5.73 Å². The molecule has 1 aromatic rings. The quantitative estimate of drug-likeness (QED) is 0.828. The van der Waals surface area contributed by atoms with Crippen LogP contribution in [0.2, 0.25) is 5.02 Å². The van der Waals surface area contributed by atoms with Crippen LogP contribution in [0.5, 0.6) is 0 Å². The molecule has 0 amide bonds. The Morgan fingerprint density at radius 1 is 1.45 bits per heavy atom. The average molecular weight is 282 g/mol. The Labute approximate surface area is 85.1 Å². The summed E-state index contributed by atoms with van der Waals surface area (Å²) in [6.45, 7) is 0.692. The average Bonchev–Trinajstić information content (AvgIpc) is 1.95. The predicted octanol–water partition coefficient (Wildman–Crippen LogP) is 2.45. The van der Waals surface area contributed by atoms with E-state index < -0.39 is 0 Å². The monoisotopic (exact) mass is 281 g/mol. The molecule has 0 unspecified atom stereocenters. The van der Waals surface area contributed by atoms with E-state index in [-0.39, 0.29) is 0 Å². The van der Waals surface area contributed by atoms with Gasteiger partial charge in [-0.3, -0.25) is 0 Å². The molecular weight excluding hydrogens is 272 g/mol. The third-order valence-corrected chi connectivity index (χ3v) is 2.67. The number of rotatable bonds is 2. The standard InChI is InChI=1S/C8H9ClIN/c9-7-2-1-6(3-4-11)8(10)5-7/h1-2,5H,3-4,11H2. The molecule has 1 aromatic carbocycles. The van der Waals surface area contributed by atoms with Crippen molar-refractivity contribution in [3.05, 3.63) is 32.4 Å². The van der Waals surface area contributed by atoms with Gasteiger partial charge in [0.05, 0.1) is 0 Å². The van der Waals surface area contributed by atoms with Crippen LogP contribution in [0.1, 0.15) is 5.56 Å².